The fourth-order valence-corrected chi connectivity index (χ4v) is 1.91. The van der Waals surface area contributed by atoms with E-state index in [1.807, 2.05) is 19.9 Å². The summed E-state index contributed by atoms with van der Waals surface area (Å²) >= 11 is 0. The minimum Gasteiger partial charge on any atom is -0.507 e. The minimum atomic E-state index is 0.0942. The van der Waals surface area contributed by atoms with Gasteiger partial charge in [0, 0.05) is 13.1 Å². The number of carbonyl (C=O) groups is 1. The van der Waals surface area contributed by atoms with Gasteiger partial charge in [-0.3, -0.25) is 9.69 Å². The molecule has 1 aromatic rings. The highest BCUT2D eigenvalue weighted by atomic mass is 16.3. The molecule has 0 amide bonds. The van der Waals surface area contributed by atoms with Gasteiger partial charge in [0.2, 0.25) is 0 Å². The molecule has 0 fully saturated rings. The van der Waals surface area contributed by atoms with Crippen LogP contribution in [0.1, 0.15) is 42.3 Å². The van der Waals surface area contributed by atoms with Crippen LogP contribution >= 0.6 is 0 Å². The van der Waals surface area contributed by atoms with E-state index in [0.717, 1.165) is 37.0 Å². The summed E-state index contributed by atoms with van der Waals surface area (Å²) in [5.41, 5.74) is 2.60. The molecule has 0 saturated carbocycles. The van der Waals surface area contributed by atoms with Crippen molar-refractivity contribution in [3.63, 3.8) is 0 Å². The molecule has 0 unspecified atom stereocenters. The highest BCUT2D eigenvalue weighted by molar-refractivity contribution is 5.82. The number of phenols is 1. The molecule has 16 heavy (non-hydrogen) atoms. The number of nitrogens with zero attached hydrogens (tertiary/aromatic N) is 1. The number of fused-ring (bicyclic) bond motifs is 1. The molecule has 1 N–H and O–H groups in total. The number of phenolic OH excluding ortho intramolecular Hbond substituents is 1. The first-order valence-electron chi connectivity index (χ1n) is 5.77. The van der Waals surface area contributed by atoms with Crippen LogP contribution in [0.5, 0.6) is 5.75 Å². The van der Waals surface area contributed by atoms with Crippen LogP contribution in [0, 0.1) is 0 Å². The lowest BCUT2D eigenvalue weighted by Crippen LogP contribution is -2.14. The highest BCUT2D eigenvalue weighted by Crippen LogP contribution is 2.29. The van der Waals surface area contributed by atoms with Gasteiger partial charge in [-0.05, 0) is 23.7 Å². The quantitative estimate of drug-likeness (QED) is 0.780. The number of hydrogen-bond donors (Lipinski definition) is 1. The molecule has 0 saturated heterocycles. The van der Waals surface area contributed by atoms with Crippen LogP contribution in [0.4, 0.5) is 0 Å². The predicted molar refractivity (Wildman–Crippen MR) is 64.6 cm³/mol. The van der Waals surface area contributed by atoms with Crippen molar-refractivity contribution in [1.29, 1.82) is 0 Å². The highest BCUT2D eigenvalue weighted by Gasteiger charge is 2.21. The van der Waals surface area contributed by atoms with Crippen LogP contribution < -0.4 is 0 Å². The number of benzene rings is 1. The average Bonchev–Trinajstić information content (AvgIpc) is 2.74. The molecule has 1 aromatic carbocycles. The van der Waals surface area contributed by atoms with Crippen LogP contribution in [0.2, 0.25) is 0 Å². The molecule has 2 rings (SSSR count). The Labute approximate surface area is 96.7 Å². The summed E-state index contributed by atoms with van der Waals surface area (Å²) in [6, 6.07) is 3.50. The molecular formula is C13H19NO2. The SMILES string of the molecule is CC.CCN1Cc2ccc(O)c(C=O)c2C1. The lowest BCUT2D eigenvalue weighted by Gasteiger charge is -2.09. The third kappa shape index (κ3) is 2.25. The van der Waals surface area contributed by atoms with Gasteiger partial charge in [0.05, 0.1) is 5.56 Å². The van der Waals surface area contributed by atoms with Crippen molar-refractivity contribution >= 4 is 6.29 Å². The Morgan fingerprint density at radius 2 is 2.06 bits per heavy atom. The Balaban J connectivity index is 0.000000606. The Morgan fingerprint density at radius 3 is 2.62 bits per heavy atom. The van der Waals surface area contributed by atoms with Crippen molar-refractivity contribution in [2.75, 3.05) is 6.54 Å². The van der Waals surface area contributed by atoms with Gasteiger partial charge in [-0.2, -0.15) is 0 Å². The fraction of sp³-hybridized carbons (Fsp3) is 0.462. The molecule has 0 bridgehead atoms. The Hall–Kier alpha value is -1.35. The molecule has 0 atom stereocenters. The van der Waals surface area contributed by atoms with Gasteiger partial charge in [-0.25, -0.2) is 0 Å². The zero-order valence-corrected chi connectivity index (χ0v) is 10.2. The van der Waals surface area contributed by atoms with E-state index in [9.17, 15) is 9.90 Å². The third-order valence-electron chi connectivity index (χ3n) is 2.77. The molecule has 0 aliphatic carbocycles. The van der Waals surface area contributed by atoms with Crippen LogP contribution in [0.25, 0.3) is 0 Å². The van der Waals surface area contributed by atoms with Gasteiger partial charge in [-0.15, -0.1) is 0 Å². The van der Waals surface area contributed by atoms with Crippen LogP contribution in [0.15, 0.2) is 12.1 Å². The van der Waals surface area contributed by atoms with Gasteiger partial charge >= 0.3 is 0 Å². The van der Waals surface area contributed by atoms with E-state index in [1.165, 1.54) is 0 Å². The van der Waals surface area contributed by atoms with E-state index in [-0.39, 0.29) is 5.75 Å². The number of aldehydes is 1. The molecule has 1 aliphatic rings. The summed E-state index contributed by atoms with van der Waals surface area (Å²) in [5, 5.41) is 9.48. The fourth-order valence-electron chi connectivity index (χ4n) is 1.91. The molecule has 0 aromatic heterocycles. The maximum absolute atomic E-state index is 10.8. The standard InChI is InChI=1S/C11H13NO2.C2H6/c1-2-12-5-8-3-4-11(14)10(7-13)9(8)6-12;1-2/h3-4,7,14H,2,5-6H2,1H3;1-2H3. The molecule has 3 nitrogen and oxygen atoms in total. The van der Waals surface area contributed by atoms with E-state index >= 15 is 0 Å². The van der Waals surface area contributed by atoms with Crippen LogP contribution in [-0.2, 0) is 13.1 Å². The van der Waals surface area contributed by atoms with Crippen molar-refractivity contribution in [2.45, 2.75) is 33.9 Å². The van der Waals surface area contributed by atoms with E-state index in [0.29, 0.717) is 5.56 Å². The molecule has 88 valence electrons. The van der Waals surface area contributed by atoms with Crippen molar-refractivity contribution in [3.05, 3.63) is 28.8 Å². The van der Waals surface area contributed by atoms with E-state index in [4.69, 9.17) is 0 Å². The summed E-state index contributed by atoms with van der Waals surface area (Å²) in [6.07, 6.45) is 0.743. The van der Waals surface area contributed by atoms with E-state index in [2.05, 4.69) is 11.8 Å². The summed E-state index contributed by atoms with van der Waals surface area (Å²) in [4.78, 5) is 13.0. The maximum Gasteiger partial charge on any atom is 0.154 e. The number of hydrogen-bond acceptors (Lipinski definition) is 3. The van der Waals surface area contributed by atoms with Gasteiger partial charge in [0.25, 0.3) is 0 Å². The largest absolute Gasteiger partial charge is 0.507 e. The van der Waals surface area contributed by atoms with Gasteiger partial charge in [-0.1, -0.05) is 26.8 Å². The Kier molecular flexibility index (Phi) is 4.50. The van der Waals surface area contributed by atoms with Gasteiger partial charge in [0.15, 0.2) is 6.29 Å². The van der Waals surface area contributed by atoms with Crippen molar-refractivity contribution in [1.82, 2.24) is 4.90 Å². The lowest BCUT2D eigenvalue weighted by molar-refractivity contribution is 0.111. The van der Waals surface area contributed by atoms with Crippen molar-refractivity contribution in [2.24, 2.45) is 0 Å². The summed E-state index contributed by atoms with van der Waals surface area (Å²) in [7, 11) is 0. The molecule has 3 heteroatoms. The summed E-state index contributed by atoms with van der Waals surface area (Å²) in [6.45, 7) is 8.71. The zero-order valence-electron chi connectivity index (χ0n) is 10.2. The molecule has 1 heterocycles. The molecule has 0 radical (unpaired) electrons. The van der Waals surface area contributed by atoms with E-state index in [1.54, 1.807) is 6.07 Å². The number of carbonyl (C=O) groups excluding carboxylic acids is 1. The number of rotatable bonds is 2. The normalized spacial score (nSPS) is 13.9. The topological polar surface area (TPSA) is 40.5 Å². The first kappa shape index (κ1) is 12.7. The molecular weight excluding hydrogens is 202 g/mol. The van der Waals surface area contributed by atoms with Crippen LogP contribution in [-0.4, -0.2) is 22.8 Å². The Bertz CT molecular complexity index is 374. The van der Waals surface area contributed by atoms with Crippen molar-refractivity contribution in [3.8, 4) is 5.75 Å². The first-order valence-corrected chi connectivity index (χ1v) is 5.77. The summed E-state index contributed by atoms with van der Waals surface area (Å²) < 4.78 is 0. The van der Waals surface area contributed by atoms with Crippen molar-refractivity contribution < 1.29 is 9.90 Å². The third-order valence-corrected chi connectivity index (χ3v) is 2.77. The van der Waals surface area contributed by atoms with Crippen LogP contribution in [0.3, 0.4) is 0 Å². The maximum atomic E-state index is 10.8. The van der Waals surface area contributed by atoms with E-state index < -0.39 is 0 Å². The number of aromatic hydroxyl groups is 1. The monoisotopic (exact) mass is 221 g/mol. The second-order valence-corrected chi connectivity index (χ2v) is 3.56. The minimum absolute atomic E-state index is 0.0942. The lowest BCUT2D eigenvalue weighted by atomic mass is 10.0. The van der Waals surface area contributed by atoms with Gasteiger partial charge in [0.1, 0.15) is 5.75 Å². The second kappa shape index (κ2) is 5.66. The predicted octanol–water partition coefficient (Wildman–Crippen LogP) is 2.57. The zero-order chi connectivity index (χ0) is 12.1. The summed E-state index contributed by atoms with van der Waals surface area (Å²) in [5.74, 6) is 0.0942. The molecule has 0 spiro atoms. The second-order valence-electron chi connectivity index (χ2n) is 3.56. The van der Waals surface area contributed by atoms with Gasteiger partial charge < -0.3 is 5.11 Å². The Morgan fingerprint density at radius 1 is 1.38 bits per heavy atom. The average molecular weight is 221 g/mol. The molecule has 1 aliphatic heterocycles. The first-order chi connectivity index (χ1) is 7.76. The smallest absolute Gasteiger partial charge is 0.154 e.